The van der Waals surface area contributed by atoms with Crippen molar-refractivity contribution in [3.63, 3.8) is 0 Å². The maximum Gasteiger partial charge on any atom is 0.315 e. The molecule has 188 valence electrons. The molecule has 0 aliphatic heterocycles. The minimum atomic E-state index is -0.125. The summed E-state index contributed by atoms with van der Waals surface area (Å²) in [5.41, 5.74) is 10.9. The molecule has 1 aliphatic rings. The number of nitrogens with one attached hydrogen (secondary N) is 3. The average Bonchev–Trinajstić information content (AvgIpc) is 3.54. The molecule has 0 atom stereocenters. The number of H-pyrrole nitrogens is 1. The lowest BCUT2D eigenvalue weighted by Crippen LogP contribution is -2.38. The zero-order valence-corrected chi connectivity index (χ0v) is 20.5. The van der Waals surface area contributed by atoms with Crippen molar-refractivity contribution in [1.29, 1.82) is 0 Å². The van der Waals surface area contributed by atoms with Crippen LogP contribution in [0.3, 0.4) is 0 Å². The molecule has 9 heteroatoms. The molecule has 1 fully saturated rings. The van der Waals surface area contributed by atoms with Gasteiger partial charge in [-0.1, -0.05) is 48.5 Å². The van der Waals surface area contributed by atoms with E-state index in [1.165, 1.54) is 6.33 Å². The van der Waals surface area contributed by atoms with Crippen molar-refractivity contribution in [2.75, 3.05) is 12.3 Å². The summed E-state index contributed by atoms with van der Waals surface area (Å²) in [6.45, 7) is 1.20. The fraction of sp³-hybridized carbons (Fsp3) is 0.286. The Balaban J connectivity index is 1.13. The van der Waals surface area contributed by atoms with Gasteiger partial charge in [0.05, 0.1) is 5.69 Å². The number of aromatic nitrogens is 5. The molecule has 0 spiro atoms. The fourth-order valence-electron chi connectivity index (χ4n) is 5.33. The van der Waals surface area contributed by atoms with Crippen molar-refractivity contribution < 1.29 is 4.79 Å². The molecule has 0 saturated heterocycles. The van der Waals surface area contributed by atoms with Gasteiger partial charge in [0.2, 0.25) is 0 Å². The predicted molar refractivity (Wildman–Crippen MR) is 144 cm³/mol. The first kappa shape index (κ1) is 23.0. The summed E-state index contributed by atoms with van der Waals surface area (Å²) in [5.74, 6) is 2.05. The van der Waals surface area contributed by atoms with Gasteiger partial charge in [-0.2, -0.15) is 5.10 Å². The molecule has 9 nitrogen and oxygen atoms in total. The van der Waals surface area contributed by atoms with Gasteiger partial charge in [0.25, 0.3) is 0 Å². The number of benzene rings is 2. The van der Waals surface area contributed by atoms with Gasteiger partial charge in [-0.3, -0.25) is 0 Å². The number of imidazole rings is 1. The van der Waals surface area contributed by atoms with Gasteiger partial charge in [-0.15, -0.1) is 0 Å². The molecule has 5 N–H and O–H groups in total. The number of carbonyl (C=O) groups excluding carboxylic acids is 1. The molecule has 2 aromatic carbocycles. The monoisotopic (exact) mass is 494 g/mol. The summed E-state index contributed by atoms with van der Waals surface area (Å²) in [6, 6.07) is 20.1. The van der Waals surface area contributed by atoms with Crippen LogP contribution in [0.1, 0.15) is 43.0 Å². The Morgan fingerprint density at radius 2 is 1.81 bits per heavy atom. The van der Waals surface area contributed by atoms with E-state index < -0.39 is 0 Å². The molecule has 0 unspecified atom stereocenters. The number of carbonyl (C=O) groups is 1. The molecule has 1 aliphatic carbocycles. The number of fused-ring (bicyclic) bond motifs is 2. The predicted octanol–water partition coefficient (Wildman–Crippen LogP) is 4.63. The van der Waals surface area contributed by atoms with Gasteiger partial charge in [0.15, 0.2) is 5.82 Å². The quantitative estimate of drug-likeness (QED) is 0.274. The molecule has 2 amide bonds. The van der Waals surface area contributed by atoms with Gasteiger partial charge in [0.1, 0.15) is 23.4 Å². The van der Waals surface area contributed by atoms with E-state index in [-0.39, 0.29) is 11.9 Å². The first-order valence-corrected chi connectivity index (χ1v) is 12.8. The highest BCUT2D eigenvalue weighted by Crippen LogP contribution is 2.38. The van der Waals surface area contributed by atoms with Gasteiger partial charge in [0, 0.05) is 29.9 Å². The van der Waals surface area contributed by atoms with Gasteiger partial charge in [-0.05, 0) is 49.3 Å². The minimum absolute atomic E-state index is 0.125. The topological polar surface area (TPSA) is 126 Å². The number of para-hydroxylation sites is 1. The SMILES string of the molecule is Nc1ncnn2c(C3CCC(CNC(=O)NCc4ccccc4)CC3)nc(-c3cc4ccccc4[nH]3)c12. The number of hydrogen-bond acceptors (Lipinski definition) is 5. The molecule has 6 rings (SSSR count). The molecule has 0 radical (unpaired) electrons. The Kier molecular flexibility index (Phi) is 6.18. The number of rotatable bonds is 6. The first-order chi connectivity index (χ1) is 18.2. The van der Waals surface area contributed by atoms with Crippen molar-refractivity contribution in [1.82, 2.24) is 35.2 Å². The summed E-state index contributed by atoms with van der Waals surface area (Å²) < 4.78 is 1.86. The van der Waals surface area contributed by atoms with Crippen LogP contribution in [0.4, 0.5) is 10.6 Å². The number of hydrogen-bond donors (Lipinski definition) is 4. The number of amides is 2. The van der Waals surface area contributed by atoms with Gasteiger partial charge in [-0.25, -0.2) is 19.3 Å². The molecular weight excluding hydrogens is 464 g/mol. The van der Waals surface area contributed by atoms with Crippen molar-refractivity contribution in [3.8, 4) is 11.4 Å². The largest absolute Gasteiger partial charge is 0.382 e. The maximum atomic E-state index is 12.3. The summed E-state index contributed by atoms with van der Waals surface area (Å²) in [5, 5.41) is 11.6. The second kappa shape index (κ2) is 9.93. The first-order valence-electron chi connectivity index (χ1n) is 12.8. The van der Waals surface area contributed by atoms with Crippen LogP contribution in [-0.4, -0.2) is 37.1 Å². The van der Waals surface area contributed by atoms with Crippen molar-refractivity contribution in [2.45, 2.75) is 38.1 Å². The van der Waals surface area contributed by atoms with Crippen molar-refractivity contribution in [3.05, 3.63) is 78.4 Å². The fourth-order valence-corrected chi connectivity index (χ4v) is 5.33. The molecule has 0 bridgehead atoms. The van der Waals surface area contributed by atoms with E-state index in [1.807, 2.05) is 47.0 Å². The number of urea groups is 1. The zero-order valence-electron chi connectivity index (χ0n) is 20.5. The van der Waals surface area contributed by atoms with Crippen LogP contribution >= 0.6 is 0 Å². The number of nitrogens with zero attached hydrogens (tertiary/aromatic N) is 4. The lowest BCUT2D eigenvalue weighted by molar-refractivity contribution is 0.234. The van der Waals surface area contributed by atoms with Crippen LogP contribution in [0, 0.1) is 5.92 Å². The van der Waals surface area contributed by atoms with Crippen LogP contribution in [0.15, 0.2) is 67.0 Å². The normalized spacial score (nSPS) is 17.7. The Hall–Kier alpha value is -4.40. The molecule has 3 heterocycles. The Labute approximate surface area is 214 Å². The highest BCUT2D eigenvalue weighted by atomic mass is 16.2. The van der Waals surface area contributed by atoms with Crippen molar-refractivity contribution >= 4 is 28.3 Å². The third-order valence-corrected chi connectivity index (χ3v) is 7.33. The van der Waals surface area contributed by atoms with E-state index in [4.69, 9.17) is 10.7 Å². The van der Waals surface area contributed by atoms with E-state index in [1.54, 1.807) is 0 Å². The standard InChI is InChI=1S/C28H30N8O/c29-26-25-24(23-14-21-8-4-5-9-22(21)34-23)35-27(36(25)33-17-32-26)20-12-10-19(11-13-20)16-31-28(37)30-15-18-6-2-1-3-7-18/h1-9,14,17,19-20,34H,10-13,15-16H2,(H2,29,32,33)(H2,30,31,37). The van der Waals surface area contributed by atoms with Crippen LogP contribution in [0.25, 0.3) is 27.8 Å². The van der Waals surface area contributed by atoms with E-state index in [2.05, 4.69) is 43.9 Å². The summed E-state index contributed by atoms with van der Waals surface area (Å²) in [6.07, 6.45) is 5.48. The van der Waals surface area contributed by atoms with E-state index in [0.717, 1.165) is 64.9 Å². The van der Waals surface area contributed by atoms with E-state index in [9.17, 15) is 4.79 Å². The highest BCUT2D eigenvalue weighted by molar-refractivity contribution is 5.91. The summed E-state index contributed by atoms with van der Waals surface area (Å²) >= 11 is 0. The summed E-state index contributed by atoms with van der Waals surface area (Å²) in [7, 11) is 0. The van der Waals surface area contributed by atoms with Crippen LogP contribution in [0.2, 0.25) is 0 Å². The number of nitrogens with two attached hydrogens (primary N) is 1. The van der Waals surface area contributed by atoms with Gasteiger partial charge >= 0.3 is 6.03 Å². The smallest absolute Gasteiger partial charge is 0.315 e. The molecule has 37 heavy (non-hydrogen) atoms. The van der Waals surface area contributed by atoms with Crippen molar-refractivity contribution in [2.24, 2.45) is 5.92 Å². The number of aromatic amines is 1. The Morgan fingerprint density at radius 3 is 2.62 bits per heavy atom. The summed E-state index contributed by atoms with van der Waals surface area (Å²) in [4.78, 5) is 25.0. The number of anilines is 1. The number of nitrogen functional groups attached to an aromatic ring is 1. The Bertz CT molecular complexity index is 1500. The second-order valence-corrected chi connectivity index (χ2v) is 9.76. The Morgan fingerprint density at radius 1 is 1.03 bits per heavy atom. The molecule has 3 aromatic heterocycles. The van der Waals surface area contributed by atoms with Crippen LogP contribution < -0.4 is 16.4 Å². The molecule has 5 aromatic rings. The molecule has 1 saturated carbocycles. The lowest BCUT2D eigenvalue weighted by Gasteiger charge is -2.27. The minimum Gasteiger partial charge on any atom is -0.382 e. The third-order valence-electron chi connectivity index (χ3n) is 7.33. The third kappa shape index (κ3) is 4.72. The highest BCUT2D eigenvalue weighted by Gasteiger charge is 2.28. The van der Waals surface area contributed by atoms with E-state index in [0.29, 0.717) is 24.8 Å². The van der Waals surface area contributed by atoms with Gasteiger partial charge < -0.3 is 21.4 Å². The molecular formula is C28H30N8O. The van der Waals surface area contributed by atoms with E-state index >= 15 is 0 Å². The second-order valence-electron chi connectivity index (χ2n) is 9.76. The van der Waals surface area contributed by atoms with Crippen LogP contribution in [-0.2, 0) is 6.54 Å². The maximum absolute atomic E-state index is 12.3. The van der Waals surface area contributed by atoms with Crippen LogP contribution in [0.5, 0.6) is 0 Å². The lowest BCUT2D eigenvalue weighted by atomic mass is 9.81. The average molecular weight is 495 g/mol. The zero-order chi connectivity index (χ0) is 25.2.